The molecule has 76 valence electrons. The first kappa shape index (κ1) is 9.45. The van der Waals surface area contributed by atoms with Crippen LogP contribution in [0.15, 0.2) is 30.5 Å². The average Bonchev–Trinajstić information content (AvgIpc) is 2.50. The van der Waals surface area contributed by atoms with Crippen LogP contribution >= 0.6 is 0 Å². The molecule has 0 aliphatic heterocycles. The number of carbonyl (C=O) groups is 1. The van der Waals surface area contributed by atoms with Crippen LogP contribution in [0.3, 0.4) is 0 Å². The first-order chi connectivity index (χ1) is 7.18. The van der Waals surface area contributed by atoms with Crippen molar-refractivity contribution in [3.05, 3.63) is 41.9 Å². The van der Waals surface area contributed by atoms with Crippen LogP contribution < -0.4 is 0 Å². The Labute approximate surface area is 86.5 Å². The Bertz CT molecular complexity index is 541. The molecule has 0 aliphatic carbocycles. The van der Waals surface area contributed by atoms with Gasteiger partial charge in [0.15, 0.2) is 0 Å². The highest BCUT2D eigenvalue weighted by Gasteiger charge is 2.04. The van der Waals surface area contributed by atoms with E-state index in [-0.39, 0.29) is 0 Å². The summed E-state index contributed by atoms with van der Waals surface area (Å²) >= 11 is 0. The number of imidazole rings is 1. The summed E-state index contributed by atoms with van der Waals surface area (Å²) in [4.78, 5) is 14.7. The number of carboxylic acids is 1. The molecule has 0 saturated heterocycles. The Hall–Kier alpha value is -2.10. The monoisotopic (exact) mass is 202 g/mol. The van der Waals surface area contributed by atoms with E-state index in [1.165, 1.54) is 0 Å². The quantitative estimate of drug-likeness (QED) is 0.754. The van der Waals surface area contributed by atoms with Crippen molar-refractivity contribution in [3.63, 3.8) is 0 Å². The molecule has 0 unspecified atom stereocenters. The maximum Gasteiger partial charge on any atom is 0.328 e. The lowest BCUT2D eigenvalue weighted by molar-refractivity contribution is -0.131. The van der Waals surface area contributed by atoms with Crippen molar-refractivity contribution in [3.8, 4) is 0 Å². The number of fused-ring (bicyclic) bond motifs is 1. The molecule has 0 radical (unpaired) electrons. The molecule has 0 atom stereocenters. The van der Waals surface area contributed by atoms with Crippen molar-refractivity contribution < 1.29 is 9.90 Å². The van der Waals surface area contributed by atoms with Crippen LogP contribution in [-0.4, -0.2) is 20.5 Å². The molecule has 0 spiro atoms. The molecule has 2 aromatic heterocycles. The summed E-state index contributed by atoms with van der Waals surface area (Å²) < 4.78 is 1.86. The summed E-state index contributed by atoms with van der Waals surface area (Å²) in [6.45, 7) is 1.86. The molecule has 2 rings (SSSR count). The van der Waals surface area contributed by atoms with Gasteiger partial charge in [0.1, 0.15) is 5.65 Å². The number of nitrogens with zero attached hydrogens (tertiary/aromatic N) is 2. The molecule has 4 heteroatoms. The molecule has 0 amide bonds. The van der Waals surface area contributed by atoms with Gasteiger partial charge in [0.05, 0.1) is 11.4 Å². The van der Waals surface area contributed by atoms with Gasteiger partial charge in [0, 0.05) is 12.3 Å². The topological polar surface area (TPSA) is 54.6 Å². The summed E-state index contributed by atoms with van der Waals surface area (Å²) in [6, 6.07) is 5.66. The van der Waals surface area contributed by atoms with Crippen molar-refractivity contribution in [2.45, 2.75) is 6.92 Å². The third kappa shape index (κ3) is 1.74. The number of carboxylic acid groups (broad SMARTS) is 1. The highest BCUT2D eigenvalue weighted by atomic mass is 16.4. The van der Waals surface area contributed by atoms with E-state index in [4.69, 9.17) is 5.11 Å². The van der Waals surface area contributed by atoms with E-state index in [9.17, 15) is 4.79 Å². The Morgan fingerprint density at radius 2 is 2.33 bits per heavy atom. The molecule has 1 N–H and O–H groups in total. The van der Waals surface area contributed by atoms with Gasteiger partial charge < -0.3 is 9.51 Å². The standard InChI is InChI=1S/C11H10N2O2/c1-8-9(5-6-11(14)15)13-7-3-2-4-10(13)12-8/h2-7H,1H3,(H,14,15)/b6-5+. The molecule has 0 fully saturated rings. The highest BCUT2D eigenvalue weighted by molar-refractivity contribution is 5.85. The maximum absolute atomic E-state index is 10.4. The van der Waals surface area contributed by atoms with Crippen LogP contribution in [0.2, 0.25) is 0 Å². The first-order valence-electron chi connectivity index (χ1n) is 4.53. The van der Waals surface area contributed by atoms with Gasteiger partial charge >= 0.3 is 5.97 Å². The van der Waals surface area contributed by atoms with Gasteiger partial charge in [-0.2, -0.15) is 0 Å². The van der Waals surface area contributed by atoms with Crippen molar-refractivity contribution >= 4 is 17.7 Å². The zero-order valence-corrected chi connectivity index (χ0v) is 8.21. The van der Waals surface area contributed by atoms with Gasteiger partial charge in [0.2, 0.25) is 0 Å². The second-order valence-corrected chi connectivity index (χ2v) is 3.18. The lowest BCUT2D eigenvalue weighted by atomic mass is 10.3. The number of rotatable bonds is 2. The molecule has 2 aromatic rings. The van der Waals surface area contributed by atoms with Gasteiger partial charge in [0.25, 0.3) is 0 Å². The normalized spacial score (nSPS) is 11.3. The lowest BCUT2D eigenvalue weighted by Crippen LogP contribution is -1.90. The summed E-state index contributed by atoms with van der Waals surface area (Å²) in [5.41, 5.74) is 2.44. The number of aryl methyl sites for hydroxylation is 1. The van der Waals surface area contributed by atoms with Gasteiger partial charge in [-0.05, 0) is 25.1 Å². The molecule has 15 heavy (non-hydrogen) atoms. The minimum atomic E-state index is -0.958. The van der Waals surface area contributed by atoms with E-state index in [0.717, 1.165) is 23.1 Å². The van der Waals surface area contributed by atoms with Crippen LogP contribution in [0.5, 0.6) is 0 Å². The predicted molar refractivity (Wildman–Crippen MR) is 56.6 cm³/mol. The van der Waals surface area contributed by atoms with E-state index in [2.05, 4.69) is 4.98 Å². The fourth-order valence-electron chi connectivity index (χ4n) is 1.48. The molecule has 0 saturated carbocycles. The van der Waals surface area contributed by atoms with E-state index in [0.29, 0.717) is 0 Å². The lowest BCUT2D eigenvalue weighted by Gasteiger charge is -1.95. The second-order valence-electron chi connectivity index (χ2n) is 3.18. The third-order valence-electron chi connectivity index (χ3n) is 2.13. The van der Waals surface area contributed by atoms with Crippen molar-refractivity contribution in [2.24, 2.45) is 0 Å². The van der Waals surface area contributed by atoms with E-state index in [1.807, 2.05) is 35.7 Å². The minimum Gasteiger partial charge on any atom is -0.478 e. The largest absolute Gasteiger partial charge is 0.478 e. The van der Waals surface area contributed by atoms with Crippen LogP contribution in [0.4, 0.5) is 0 Å². The predicted octanol–water partition coefficient (Wildman–Crippen LogP) is 1.74. The second kappa shape index (κ2) is 3.57. The van der Waals surface area contributed by atoms with E-state index < -0.39 is 5.97 Å². The van der Waals surface area contributed by atoms with Crippen molar-refractivity contribution in [1.29, 1.82) is 0 Å². The van der Waals surface area contributed by atoms with Gasteiger partial charge in [-0.15, -0.1) is 0 Å². The fourth-order valence-corrected chi connectivity index (χ4v) is 1.48. The van der Waals surface area contributed by atoms with Crippen molar-refractivity contribution in [1.82, 2.24) is 9.38 Å². The molecule has 0 aliphatic rings. The smallest absolute Gasteiger partial charge is 0.328 e. The molecule has 0 aromatic carbocycles. The molecule has 2 heterocycles. The number of hydrogen-bond donors (Lipinski definition) is 1. The zero-order chi connectivity index (χ0) is 10.8. The molecular weight excluding hydrogens is 192 g/mol. The Kier molecular flexibility index (Phi) is 2.25. The highest BCUT2D eigenvalue weighted by Crippen LogP contribution is 2.12. The van der Waals surface area contributed by atoms with Gasteiger partial charge in [-0.25, -0.2) is 9.78 Å². The number of hydrogen-bond acceptors (Lipinski definition) is 2. The molecular formula is C11H10N2O2. The average molecular weight is 202 g/mol. The van der Waals surface area contributed by atoms with E-state index >= 15 is 0 Å². The number of aliphatic carboxylic acids is 1. The van der Waals surface area contributed by atoms with Crippen LogP contribution in [0.25, 0.3) is 11.7 Å². The summed E-state index contributed by atoms with van der Waals surface area (Å²) in [5, 5.41) is 8.56. The molecule has 4 nitrogen and oxygen atoms in total. The van der Waals surface area contributed by atoms with Crippen LogP contribution in [0, 0.1) is 6.92 Å². The molecule has 0 bridgehead atoms. The first-order valence-corrected chi connectivity index (χ1v) is 4.53. The number of pyridine rings is 1. The Balaban J connectivity index is 2.59. The van der Waals surface area contributed by atoms with E-state index in [1.54, 1.807) is 6.08 Å². The SMILES string of the molecule is Cc1nc2ccccn2c1/C=C/C(=O)O. The zero-order valence-electron chi connectivity index (χ0n) is 8.21. The number of aromatic nitrogens is 2. The maximum atomic E-state index is 10.4. The fraction of sp³-hybridized carbons (Fsp3) is 0.0909. The Morgan fingerprint density at radius 1 is 1.53 bits per heavy atom. The van der Waals surface area contributed by atoms with Crippen molar-refractivity contribution in [2.75, 3.05) is 0 Å². The summed E-state index contributed by atoms with van der Waals surface area (Å²) in [7, 11) is 0. The van der Waals surface area contributed by atoms with Gasteiger partial charge in [-0.3, -0.25) is 0 Å². The van der Waals surface area contributed by atoms with Gasteiger partial charge in [-0.1, -0.05) is 6.07 Å². The minimum absolute atomic E-state index is 0.799. The summed E-state index contributed by atoms with van der Waals surface area (Å²) in [5.74, 6) is -0.958. The summed E-state index contributed by atoms with van der Waals surface area (Å²) in [6.07, 6.45) is 4.53. The van der Waals surface area contributed by atoms with Crippen LogP contribution in [0.1, 0.15) is 11.4 Å². The third-order valence-corrected chi connectivity index (χ3v) is 2.13. The van der Waals surface area contributed by atoms with Crippen LogP contribution in [-0.2, 0) is 4.79 Å². The Morgan fingerprint density at radius 3 is 3.07 bits per heavy atom.